The van der Waals surface area contributed by atoms with E-state index in [1.807, 2.05) is 31.2 Å². The SMILES string of the molecule is Cc1ccccc1CNC(=O)c1nc(=O)[nH]c2ccccc12. The van der Waals surface area contributed by atoms with Crippen molar-refractivity contribution >= 4 is 16.8 Å². The molecular weight excluding hydrogens is 278 g/mol. The van der Waals surface area contributed by atoms with Gasteiger partial charge in [-0.1, -0.05) is 42.5 Å². The summed E-state index contributed by atoms with van der Waals surface area (Å²) in [5.41, 5.74) is 2.35. The molecule has 1 aromatic heterocycles. The first-order valence-electron chi connectivity index (χ1n) is 6.97. The van der Waals surface area contributed by atoms with Crippen molar-refractivity contribution in [3.8, 4) is 0 Å². The van der Waals surface area contributed by atoms with E-state index in [9.17, 15) is 9.59 Å². The van der Waals surface area contributed by atoms with Gasteiger partial charge < -0.3 is 10.3 Å². The Morgan fingerprint density at radius 2 is 1.86 bits per heavy atom. The molecule has 5 nitrogen and oxygen atoms in total. The highest BCUT2D eigenvalue weighted by Gasteiger charge is 2.13. The second-order valence-electron chi connectivity index (χ2n) is 5.05. The first-order chi connectivity index (χ1) is 10.6. The number of hydrogen-bond donors (Lipinski definition) is 2. The Kier molecular flexibility index (Phi) is 3.70. The van der Waals surface area contributed by atoms with Crippen LogP contribution in [0.15, 0.2) is 53.3 Å². The van der Waals surface area contributed by atoms with Crippen molar-refractivity contribution < 1.29 is 4.79 Å². The zero-order valence-corrected chi connectivity index (χ0v) is 12.1. The number of fused-ring (bicyclic) bond motifs is 1. The summed E-state index contributed by atoms with van der Waals surface area (Å²) in [4.78, 5) is 30.4. The van der Waals surface area contributed by atoms with Gasteiger partial charge in [0.05, 0.1) is 5.52 Å². The highest BCUT2D eigenvalue weighted by Crippen LogP contribution is 2.13. The minimum atomic E-state index is -0.528. The molecular formula is C17H15N3O2. The number of para-hydroxylation sites is 1. The van der Waals surface area contributed by atoms with Crippen LogP contribution in [0, 0.1) is 6.92 Å². The molecule has 3 aromatic rings. The highest BCUT2D eigenvalue weighted by atomic mass is 16.2. The highest BCUT2D eigenvalue weighted by molar-refractivity contribution is 6.04. The van der Waals surface area contributed by atoms with Crippen LogP contribution in [0.4, 0.5) is 0 Å². The van der Waals surface area contributed by atoms with Gasteiger partial charge in [-0.3, -0.25) is 4.79 Å². The van der Waals surface area contributed by atoms with Gasteiger partial charge in [0.1, 0.15) is 5.69 Å². The summed E-state index contributed by atoms with van der Waals surface area (Å²) in [5, 5.41) is 3.45. The van der Waals surface area contributed by atoms with E-state index in [1.165, 1.54) is 0 Å². The van der Waals surface area contributed by atoms with Crippen molar-refractivity contribution in [1.82, 2.24) is 15.3 Å². The molecule has 5 heteroatoms. The number of rotatable bonds is 3. The minimum absolute atomic E-state index is 0.146. The Labute approximate surface area is 127 Å². The molecule has 3 rings (SSSR count). The summed E-state index contributed by atoms with van der Waals surface area (Å²) in [7, 11) is 0. The number of carbonyl (C=O) groups is 1. The van der Waals surface area contributed by atoms with Gasteiger partial charge in [0, 0.05) is 11.9 Å². The average molecular weight is 293 g/mol. The van der Waals surface area contributed by atoms with Crippen molar-refractivity contribution in [3.63, 3.8) is 0 Å². The average Bonchev–Trinajstić information content (AvgIpc) is 2.53. The van der Waals surface area contributed by atoms with Crippen LogP contribution in [0.25, 0.3) is 10.9 Å². The lowest BCUT2D eigenvalue weighted by Crippen LogP contribution is -2.27. The quantitative estimate of drug-likeness (QED) is 0.777. The molecule has 0 bridgehead atoms. The lowest BCUT2D eigenvalue weighted by Gasteiger charge is -2.08. The van der Waals surface area contributed by atoms with Gasteiger partial charge in [0.2, 0.25) is 0 Å². The maximum Gasteiger partial charge on any atom is 0.346 e. The van der Waals surface area contributed by atoms with Crippen molar-refractivity contribution in [1.29, 1.82) is 0 Å². The number of aromatic amines is 1. The third-order valence-electron chi connectivity index (χ3n) is 3.55. The summed E-state index contributed by atoms with van der Waals surface area (Å²) in [6.45, 7) is 2.39. The van der Waals surface area contributed by atoms with Crippen LogP contribution in [0.5, 0.6) is 0 Å². The number of amides is 1. The Morgan fingerprint density at radius 3 is 2.68 bits per heavy atom. The van der Waals surface area contributed by atoms with Crippen molar-refractivity contribution in [2.45, 2.75) is 13.5 Å². The predicted molar refractivity (Wildman–Crippen MR) is 84.7 cm³/mol. The second kappa shape index (κ2) is 5.81. The molecule has 1 amide bonds. The van der Waals surface area contributed by atoms with Gasteiger partial charge in [-0.25, -0.2) is 4.79 Å². The van der Waals surface area contributed by atoms with Gasteiger partial charge in [0.15, 0.2) is 0 Å². The van der Waals surface area contributed by atoms with Crippen molar-refractivity contribution in [2.75, 3.05) is 0 Å². The van der Waals surface area contributed by atoms with E-state index in [1.54, 1.807) is 24.3 Å². The van der Waals surface area contributed by atoms with Crippen LogP contribution in [0.3, 0.4) is 0 Å². The van der Waals surface area contributed by atoms with Crippen LogP contribution in [0.2, 0.25) is 0 Å². The molecule has 22 heavy (non-hydrogen) atoms. The molecule has 0 aliphatic rings. The van der Waals surface area contributed by atoms with Crippen LogP contribution in [-0.2, 0) is 6.54 Å². The maximum atomic E-state index is 12.4. The van der Waals surface area contributed by atoms with Gasteiger partial charge in [-0.2, -0.15) is 4.98 Å². The summed E-state index contributed by atoms with van der Waals surface area (Å²) in [5.74, 6) is -0.356. The zero-order valence-electron chi connectivity index (χ0n) is 12.1. The van der Waals surface area contributed by atoms with E-state index in [0.29, 0.717) is 17.4 Å². The van der Waals surface area contributed by atoms with Gasteiger partial charge >= 0.3 is 5.69 Å². The number of H-pyrrole nitrogens is 1. The van der Waals surface area contributed by atoms with E-state index < -0.39 is 5.69 Å². The topological polar surface area (TPSA) is 74.8 Å². The Bertz CT molecular complexity index is 900. The summed E-state index contributed by atoms with van der Waals surface area (Å²) < 4.78 is 0. The molecule has 0 saturated carbocycles. The van der Waals surface area contributed by atoms with Crippen LogP contribution in [-0.4, -0.2) is 15.9 Å². The molecule has 0 fully saturated rings. The lowest BCUT2D eigenvalue weighted by atomic mass is 10.1. The van der Waals surface area contributed by atoms with Gasteiger partial charge in [-0.05, 0) is 24.1 Å². The zero-order chi connectivity index (χ0) is 15.5. The molecule has 1 heterocycles. The number of benzene rings is 2. The molecule has 2 aromatic carbocycles. The smallest absolute Gasteiger partial charge is 0.346 e. The first-order valence-corrected chi connectivity index (χ1v) is 6.97. The van der Waals surface area contributed by atoms with E-state index in [2.05, 4.69) is 15.3 Å². The maximum absolute atomic E-state index is 12.4. The Balaban J connectivity index is 1.90. The van der Waals surface area contributed by atoms with Crippen LogP contribution < -0.4 is 11.0 Å². The summed E-state index contributed by atoms with van der Waals surface area (Å²) in [6.07, 6.45) is 0. The fourth-order valence-electron chi connectivity index (χ4n) is 2.34. The molecule has 0 unspecified atom stereocenters. The Morgan fingerprint density at radius 1 is 1.14 bits per heavy atom. The minimum Gasteiger partial charge on any atom is -0.347 e. The van der Waals surface area contributed by atoms with E-state index in [-0.39, 0.29) is 11.6 Å². The number of hydrogen-bond acceptors (Lipinski definition) is 3. The third kappa shape index (κ3) is 2.74. The molecule has 2 N–H and O–H groups in total. The fourth-order valence-corrected chi connectivity index (χ4v) is 2.34. The largest absolute Gasteiger partial charge is 0.347 e. The predicted octanol–water partition coefficient (Wildman–Crippen LogP) is 2.16. The van der Waals surface area contributed by atoms with Gasteiger partial charge in [-0.15, -0.1) is 0 Å². The van der Waals surface area contributed by atoms with Crippen molar-refractivity contribution in [2.24, 2.45) is 0 Å². The number of carbonyl (C=O) groups excluding carboxylic acids is 1. The number of nitrogens with zero attached hydrogens (tertiary/aromatic N) is 1. The summed E-state index contributed by atoms with van der Waals surface area (Å²) in [6, 6.07) is 14.9. The number of aryl methyl sites for hydroxylation is 1. The molecule has 0 spiro atoms. The van der Waals surface area contributed by atoms with Crippen LogP contribution >= 0.6 is 0 Å². The lowest BCUT2D eigenvalue weighted by molar-refractivity contribution is 0.0947. The molecule has 0 saturated heterocycles. The molecule has 0 radical (unpaired) electrons. The van der Waals surface area contributed by atoms with E-state index in [4.69, 9.17) is 0 Å². The fraction of sp³-hybridized carbons (Fsp3) is 0.118. The molecule has 0 atom stereocenters. The standard InChI is InChI=1S/C17H15N3O2/c1-11-6-2-3-7-12(11)10-18-16(21)15-13-8-4-5-9-14(13)19-17(22)20-15/h2-9H,10H2,1H3,(H,18,21)(H,19,20,22). The summed E-state index contributed by atoms with van der Waals surface area (Å²) >= 11 is 0. The monoisotopic (exact) mass is 293 g/mol. The van der Waals surface area contributed by atoms with E-state index in [0.717, 1.165) is 11.1 Å². The molecule has 0 aliphatic carbocycles. The first kappa shape index (κ1) is 14.0. The Hall–Kier alpha value is -2.95. The number of nitrogens with one attached hydrogen (secondary N) is 2. The van der Waals surface area contributed by atoms with E-state index >= 15 is 0 Å². The molecule has 0 aliphatic heterocycles. The number of aromatic nitrogens is 2. The normalized spacial score (nSPS) is 10.6. The van der Waals surface area contributed by atoms with Gasteiger partial charge in [0.25, 0.3) is 5.91 Å². The van der Waals surface area contributed by atoms with Crippen molar-refractivity contribution in [3.05, 3.63) is 75.8 Å². The molecule has 110 valence electrons. The van der Waals surface area contributed by atoms with Crippen LogP contribution in [0.1, 0.15) is 21.6 Å². The third-order valence-corrected chi connectivity index (χ3v) is 3.55. The second-order valence-corrected chi connectivity index (χ2v) is 5.05.